The van der Waals surface area contributed by atoms with Gasteiger partial charge in [-0.1, -0.05) is 47.5 Å². The van der Waals surface area contributed by atoms with E-state index in [1.807, 2.05) is 31.2 Å². The van der Waals surface area contributed by atoms with Crippen LogP contribution in [-0.4, -0.2) is 34.9 Å². The Labute approximate surface area is 235 Å². The molecule has 39 heavy (non-hydrogen) atoms. The normalized spacial score (nSPS) is 14.3. The van der Waals surface area contributed by atoms with Crippen molar-refractivity contribution in [1.82, 2.24) is 14.8 Å². The molecule has 1 aliphatic rings. The predicted octanol–water partition coefficient (Wildman–Crippen LogP) is 6.11. The minimum Gasteiger partial charge on any atom is -0.495 e. The zero-order valence-corrected chi connectivity index (χ0v) is 22.9. The summed E-state index contributed by atoms with van der Waals surface area (Å²) in [6, 6.07) is 17.4. The van der Waals surface area contributed by atoms with Gasteiger partial charge in [-0.2, -0.15) is 10.1 Å². The lowest BCUT2D eigenvalue weighted by molar-refractivity contribution is -0.113. The molecule has 2 N–H and O–H groups in total. The van der Waals surface area contributed by atoms with E-state index >= 15 is 0 Å². The summed E-state index contributed by atoms with van der Waals surface area (Å²) in [5, 5.41) is 11.6. The average molecular weight is 566 g/mol. The van der Waals surface area contributed by atoms with Crippen LogP contribution in [0.1, 0.15) is 24.1 Å². The number of methoxy groups -OCH3 is 2. The van der Waals surface area contributed by atoms with Gasteiger partial charge >= 0.3 is 0 Å². The summed E-state index contributed by atoms with van der Waals surface area (Å²) in [5.74, 6) is 1.71. The molecule has 200 valence electrons. The Kier molecular flexibility index (Phi) is 7.63. The smallest absolute Gasteiger partial charge is 0.255 e. The Balaban J connectivity index is 1.49. The summed E-state index contributed by atoms with van der Waals surface area (Å²) in [5.41, 5.74) is 3.06. The van der Waals surface area contributed by atoms with Crippen LogP contribution in [0.2, 0.25) is 10.0 Å². The van der Waals surface area contributed by atoms with E-state index in [2.05, 4.69) is 20.7 Å². The topological polar surface area (TPSA) is 99.5 Å². The van der Waals surface area contributed by atoms with Gasteiger partial charge in [-0.3, -0.25) is 4.79 Å². The number of fused-ring (bicyclic) bond motifs is 1. The molecule has 0 saturated carbocycles. The fourth-order valence-electron chi connectivity index (χ4n) is 4.42. The number of hydrogen-bond donors (Lipinski definition) is 2. The molecular weight excluding hydrogens is 541 g/mol. The van der Waals surface area contributed by atoms with Crippen molar-refractivity contribution in [2.24, 2.45) is 0 Å². The number of aromatic nitrogens is 3. The number of allylic oxidation sites excluding steroid dienone is 1. The highest BCUT2D eigenvalue weighted by Gasteiger charge is 2.34. The molecule has 5 rings (SSSR count). The summed E-state index contributed by atoms with van der Waals surface area (Å²) < 4.78 is 18.7. The van der Waals surface area contributed by atoms with Gasteiger partial charge in [-0.05, 0) is 48.9 Å². The Morgan fingerprint density at radius 1 is 1.00 bits per heavy atom. The van der Waals surface area contributed by atoms with Crippen LogP contribution in [0.5, 0.6) is 17.2 Å². The number of rotatable bonds is 8. The van der Waals surface area contributed by atoms with Crippen LogP contribution in [0.3, 0.4) is 0 Å². The van der Waals surface area contributed by atoms with E-state index in [1.54, 1.807) is 55.3 Å². The lowest BCUT2D eigenvalue weighted by Gasteiger charge is -2.29. The molecule has 4 aromatic rings. The Bertz CT molecular complexity index is 1550. The van der Waals surface area contributed by atoms with Crippen molar-refractivity contribution < 1.29 is 19.0 Å². The number of benzene rings is 3. The van der Waals surface area contributed by atoms with Gasteiger partial charge in [-0.25, -0.2) is 4.68 Å². The maximum atomic E-state index is 13.7. The summed E-state index contributed by atoms with van der Waals surface area (Å²) in [6.45, 7) is 1.98. The first-order chi connectivity index (χ1) is 18.9. The minimum atomic E-state index is -0.598. The number of para-hydroxylation sites is 2. The first-order valence-electron chi connectivity index (χ1n) is 12.0. The quantitative estimate of drug-likeness (QED) is 0.266. The molecule has 0 aliphatic carbocycles. The van der Waals surface area contributed by atoms with Crippen LogP contribution in [0, 0.1) is 0 Å². The number of halogens is 2. The summed E-state index contributed by atoms with van der Waals surface area (Å²) in [7, 11) is 3.10. The van der Waals surface area contributed by atoms with Crippen molar-refractivity contribution in [2.75, 3.05) is 24.9 Å². The molecule has 9 nitrogen and oxygen atoms in total. The van der Waals surface area contributed by atoms with Gasteiger partial charge < -0.3 is 24.8 Å². The van der Waals surface area contributed by atoms with Gasteiger partial charge in [0.05, 0.1) is 25.5 Å². The van der Waals surface area contributed by atoms with Crippen molar-refractivity contribution in [3.8, 4) is 17.2 Å². The first kappa shape index (κ1) is 26.4. The van der Waals surface area contributed by atoms with Crippen LogP contribution >= 0.6 is 23.2 Å². The standard InChI is InChI=1S/C28H25Cl2N5O4/c1-16-25(27(36)34-21-9-4-5-10-22(21)37-2)26(35-28(33-16)31-15-32-35)17-11-12-23(24(13-17)38-3)39-14-18-19(29)7-6-8-20(18)30/h4-13,15,26H,14H2,1-3H3,(H,34,36)(H,31,32,33)/t26-/m1/s1. The molecule has 11 heteroatoms. The van der Waals surface area contributed by atoms with Crippen molar-refractivity contribution in [3.63, 3.8) is 0 Å². The second-order valence-electron chi connectivity index (χ2n) is 8.65. The van der Waals surface area contributed by atoms with Gasteiger partial charge in [0.15, 0.2) is 11.5 Å². The zero-order valence-electron chi connectivity index (χ0n) is 21.4. The Morgan fingerprint density at radius 3 is 2.49 bits per heavy atom. The Morgan fingerprint density at radius 2 is 1.74 bits per heavy atom. The minimum absolute atomic E-state index is 0.153. The third-order valence-electron chi connectivity index (χ3n) is 6.33. The van der Waals surface area contributed by atoms with E-state index < -0.39 is 6.04 Å². The van der Waals surface area contributed by atoms with E-state index in [9.17, 15) is 4.79 Å². The van der Waals surface area contributed by atoms with Crippen LogP contribution in [-0.2, 0) is 11.4 Å². The molecule has 1 amide bonds. The third kappa shape index (κ3) is 5.23. The summed E-state index contributed by atoms with van der Waals surface area (Å²) >= 11 is 12.6. The number of nitrogens with zero attached hydrogens (tertiary/aromatic N) is 3. The summed E-state index contributed by atoms with van der Waals surface area (Å²) in [4.78, 5) is 18.0. The molecule has 1 aromatic heterocycles. The molecule has 0 spiro atoms. The Hall–Kier alpha value is -4.21. The lowest BCUT2D eigenvalue weighted by atomic mass is 9.94. The number of anilines is 2. The molecule has 0 bridgehead atoms. The largest absolute Gasteiger partial charge is 0.495 e. The molecule has 0 unspecified atom stereocenters. The molecule has 0 saturated heterocycles. The van der Waals surface area contributed by atoms with E-state index in [0.29, 0.717) is 55.8 Å². The second kappa shape index (κ2) is 11.3. The fraction of sp³-hybridized carbons (Fsp3) is 0.179. The highest BCUT2D eigenvalue weighted by atomic mass is 35.5. The first-order valence-corrected chi connectivity index (χ1v) is 12.7. The summed E-state index contributed by atoms with van der Waals surface area (Å²) in [6.07, 6.45) is 1.44. The second-order valence-corrected chi connectivity index (χ2v) is 9.46. The SMILES string of the molecule is COc1ccccc1NC(=O)C1=C(C)Nc2ncnn2[C@@H]1c1ccc(OCc2c(Cl)cccc2Cl)c(OC)c1. The van der Waals surface area contributed by atoms with Crippen molar-refractivity contribution in [3.05, 3.63) is 99.4 Å². The van der Waals surface area contributed by atoms with Crippen LogP contribution < -0.4 is 24.8 Å². The van der Waals surface area contributed by atoms with Gasteiger partial charge in [-0.15, -0.1) is 0 Å². The van der Waals surface area contributed by atoms with Crippen LogP contribution in [0.4, 0.5) is 11.6 Å². The molecule has 0 radical (unpaired) electrons. The number of amides is 1. The number of carbonyl (C=O) groups is 1. The molecule has 3 aromatic carbocycles. The molecule has 1 aliphatic heterocycles. The van der Waals surface area contributed by atoms with Crippen molar-refractivity contribution in [1.29, 1.82) is 0 Å². The fourth-order valence-corrected chi connectivity index (χ4v) is 4.93. The third-order valence-corrected chi connectivity index (χ3v) is 7.04. The van der Waals surface area contributed by atoms with Gasteiger partial charge in [0.2, 0.25) is 5.95 Å². The monoisotopic (exact) mass is 565 g/mol. The number of hydrogen-bond acceptors (Lipinski definition) is 7. The van der Waals surface area contributed by atoms with E-state index in [1.165, 1.54) is 6.33 Å². The van der Waals surface area contributed by atoms with E-state index in [-0.39, 0.29) is 12.5 Å². The number of carbonyl (C=O) groups excluding carboxylic acids is 1. The maximum Gasteiger partial charge on any atom is 0.255 e. The van der Waals surface area contributed by atoms with Crippen molar-refractivity contribution >= 4 is 40.7 Å². The zero-order chi connectivity index (χ0) is 27.5. The predicted molar refractivity (Wildman–Crippen MR) is 150 cm³/mol. The maximum absolute atomic E-state index is 13.7. The van der Waals surface area contributed by atoms with Crippen LogP contribution in [0.15, 0.2) is 78.3 Å². The highest BCUT2D eigenvalue weighted by molar-refractivity contribution is 6.35. The lowest BCUT2D eigenvalue weighted by Crippen LogP contribution is -2.31. The average Bonchev–Trinajstić information content (AvgIpc) is 3.40. The highest BCUT2D eigenvalue weighted by Crippen LogP contribution is 2.39. The van der Waals surface area contributed by atoms with Gasteiger partial charge in [0.1, 0.15) is 24.7 Å². The molecule has 2 heterocycles. The van der Waals surface area contributed by atoms with Gasteiger partial charge in [0, 0.05) is 21.3 Å². The number of ether oxygens (including phenoxy) is 3. The number of nitrogens with one attached hydrogen (secondary N) is 2. The van der Waals surface area contributed by atoms with Crippen LogP contribution in [0.25, 0.3) is 0 Å². The van der Waals surface area contributed by atoms with E-state index in [4.69, 9.17) is 37.4 Å². The molecular formula is C28H25Cl2N5O4. The van der Waals surface area contributed by atoms with Crippen molar-refractivity contribution in [2.45, 2.75) is 19.6 Å². The molecule has 0 fully saturated rings. The van der Waals surface area contributed by atoms with E-state index in [0.717, 1.165) is 5.56 Å². The molecule has 1 atom stereocenters. The van der Waals surface area contributed by atoms with Gasteiger partial charge in [0.25, 0.3) is 5.91 Å².